The molecule has 0 aromatic rings. The minimum atomic E-state index is 0.517. The Morgan fingerprint density at radius 3 is 2.62 bits per heavy atom. The smallest absolute Gasteiger partial charge is 0.293 e. The molecule has 0 rings (SSSR count). The zero-order valence-electron chi connectivity index (χ0n) is 8.88. The van der Waals surface area contributed by atoms with Crippen LogP contribution in [0.1, 0.15) is 40.0 Å². The Hall–Kier alpha value is -0.790. The Kier molecular flexibility index (Phi) is 7.36. The fourth-order valence-electron chi connectivity index (χ4n) is 1.12. The van der Waals surface area contributed by atoms with E-state index in [-0.39, 0.29) is 0 Å². The third-order valence-electron chi connectivity index (χ3n) is 2.01. The van der Waals surface area contributed by atoms with Crippen LogP contribution < -0.4 is 0 Å². The predicted octanol–water partition coefficient (Wildman–Crippen LogP) is 2.93. The van der Waals surface area contributed by atoms with Crippen molar-refractivity contribution in [1.82, 2.24) is 0 Å². The van der Waals surface area contributed by atoms with Gasteiger partial charge in [0.15, 0.2) is 0 Å². The number of rotatable bonds is 7. The van der Waals surface area contributed by atoms with Gasteiger partial charge in [0.25, 0.3) is 6.47 Å². The zero-order valence-corrected chi connectivity index (χ0v) is 8.88. The summed E-state index contributed by atoms with van der Waals surface area (Å²) >= 11 is 0. The summed E-state index contributed by atoms with van der Waals surface area (Å²) in [5, 5.41) is 0. The lowest BCUT2D eigenvalue weighted by Crippen LogP contribution is -2.00. The van der Waals surface area contributed by atoms with Crippen molar-refractivity contribution in [2.75, 3.05) is 6.61 Å². The summed E-state index contributed by atoms with van der Waals surface area (Å²) in [4.78, 5) is 9.86. The zero-order chi connectivity index (χ0) is 10.1. The molecule has 0 bridgehead atoms. The van der Waals surface area contributed by atoms with Gasteiger partial charge in [-0.2, -0.15) is 0 Å². The molecule has 0 aliphatic heterocycles. The second-order valence-electron chi connectivity index (χ2n) is 3.72. The van der Waals surface area contributed by atoms with Gasteiger partial charge in [0, 0.05) is 0 Å². The highest BCUT2D eigenvalue weighted by Gasteiger charge is 2.00. The Morgan fingerprint density at radius 1 is 1.38 bits per heavy atom. The van der Waals surface area contributed by atoms with Gasteiger partial charge in [0.05, 0.1) is 6.61 Å². The maximum Gasteiger partial charge on any atom is 0.293 e. The average Bonchev–Trinajstić information content (AvgIpc) is 2.04. The largest absolute Gasteiger partial charge is 0.468 e. The van der Waals surface area contributed by atoms with Crippen LogP contribution in [0.4, 0.5) is 0 Å². The van der Waals surface area contributed by atoms with Crippen molar-refractivity contribution in [3.63, 3.8) is 0 Å². The minimum Gasteiger partial charge on any atom is -0.468 e. The lowest BCUT2D eigenvalue weighted by molar-refractivity contribution is -0.129. The van der Waals surface area contributed by atoms with Gasteiger partial charge in [-0.3, -0.25) is 4.79 Å². The molecule has 1 atom stereocenters. The molecule has 0 aliphatic carbocycles. The number of ether oxygens (including phenoxy) is 1. The van der Waals surface area contributed by atoms with Crippen molar-refractivity contribution in [2.24, 2.45) is 5.92 Å². The van der Waals surface area contributed by atoms with E-state index < -0.39 is 0 Å². The Bertz CT molecular complexity index is 157. The standard InChI is InChI=1S/C11H20O2/c1-10(2)5-4-6-11(3)7-8-13-9-12/h5,9,11H,4,6-8H2,1-3H3/t11-/m0/s1. The first-order valence-corrected chi connectivity index (χ1v) is 4.85. The summed E-state index contributed by atoms with van der Waals surface area (Å²) < 4.78 is 4.64. The van der Waals surface area contributed by atoms with Gasteiger partial charge in [-0.05, 0) is 39.0 Å². The van der Waals surface area contributed by atoms with Crippen LogP contribution in [0.15, 0.2) is 11.6 Å². The molecule has 0 saturated heterocycles. The molecule has 2 nitrogen and oxygen atoms in total. The first-order valence-electron chi connectivity index (χ1n) is 4.85. The lowest BCUT2D eigenvalue weighted by atomic mass is 10.0. The number of carbonyl (C=O) groups is 1. The Labute approximate surface area is 81.0 Å². The maximum absolute atomic E-state index is 9.86. The second-order valence-corrected chi connectivity index (χ2v) is 3.72. The molecule has 0 radical (unpaired) electrons. The topological polar surface area (TPSA) is 26.3 Å². The van der Waals surface area contributed by atoms with Crippen molar-refractivity contribution < 1.29 is 9.53 Å². The third-order valence-corrected chi connectivity index (χ3v) is 2.01. The molecule has 0 fully saturated rings. The van der Waals surface area contributed by atoms with Gasteiger partial charge in [0.1, 0.15) is 0 Å². The molecule has 76 valence electrons. The number of allylic oxidation sites excluding steroid dienone is 2. The third kappa shape index (κ3) is 9.12. The first kappa shape index (κ1) is 12.2. The number of hydrogen-bond donors (Lipinski definition) is 0. The van der Waals surface area contributed by atoms with Crippen molar-refractivity contribution in [1.29, 1.82) is 0 Å². The van der Waals surface area contributed by atoms with Crippen LogP contribution in [0.3, 0.4) is 0 Å². The highest BCUT2D eigenvalue weighted by molar-refractivity contribution is 5.36. The molecular weight excluding hydrogens is 164 g/mol. The van der Waals surface area contributed by atoms with Gasteiger partial charge in [-0.25, -0.2) is 0 Å². The second kappa shape index (κ2) is 7.84. The summed E-state index contributed by atoms with van der Waals surface area (Å²) in [6.45, 7) is 7.48. The van der Waals surface area contributed by atoms with E-state index in [9.17, 15) is 4.79 Å². The van der Waals surface area contributed by atoms with Gasteiger partial charge in [-0.1, -0.05) is 18.6 Å². The highest BCUT2D eigenvalue weighted by atomic mass is 16.5. The van der Waals surface area contributed by atoms with E-state index in [1.807, 2.05) is 0 Å². The van der Waals surface area contributed by atoms with E-state index >= 15 is 0 Å². The Morgan fingerprint density at radius 2 is 2.08 bits per heavy atom. The van der Waals surface area contributed by atoms with Crippen LogP contribution in [0, 0.1) is 5.92 Å². The summed E-state index contributed by atoms with van der Waals surface area (Å²) in [5.74, 6) is 0.635. The normalized spacial score (nSPS) is 11.9. The van der Waals surface area contributed by atoms with Crippen molar-refractivity contribution in [2.45, 2.75) is 40.0 Å². The number of carbonyl (C=O) groups excluding carboxylic acids is 1. The molecule has 0 unspecified atom stereocenters. The first-order chi connectivity index (χ1) is 6.16. The molecule has 2 heteroatoms. The molecule has 0 spiro atoms. The van der Waals surface area contributed by atoms with Gasteiger partial charge >= 0.3 is 0 Å². The molecule has 0 aliphatic rings. The fourth-order valence-corrected chi connectivity index (χ4v) is 1.12. The average molecular weight is 184 g/mol. The van der Waals surface area contributed by atoms with Crippen LogP contribution in [0.2, 0.25) is 0 Å². The molecule has 0 heterocycles. The molecular formula is C11H20O2. The lowest BCUT2D eigenvalue weighted by Gasteiger charge is -2.08. The van der Waals surface area contributed by atoms with E-state index in [2.05, 4.69) is 31.6 Å². The van der Waals surface area contributed by atoms with E-state index in [1.54, 1.807) is 0 Å². The number of hydrogen-bond acceptors (Lipinski definition) is 2. The molecule has 0 N–H and O–H groups in total. The summed E-state index contributed by atoms with van der Waals surface area (Å²) in [7, 11) is 0. The van der Waals surface area contributed by atoms with Crippen LogP contribution >= 0.6 is 0 Å². The van der Waals surface area contributed by atoms with Crippen LogP contribution in [0.5, 0.6) is 0 Å². The summed E-state index contributed by atoms with van der Waals surface area (Å²) in [6, 6.07) is 0. The molecule has 0 amide bonds. The molecule has 0 saturated carbocycles. The van der Waals surface area contributed by atoms with Crippen molar-refractivity contribution in [3.8, 4) is 0 Å². The van der Waals surface area contributed by atoms with Crippen molar-refractivity contribution in [3.05, 3.63) is 11.6 Å². The molecule has 0 aromatic heterocycles. The van der Waals surface area contributed by atoms with E-state index in [1.165, 1.54) is 12.0 Å². The highest BCUT2D eigenvalue weighted by Crippen LogP contribution is 2.11. The van der Waals surface area contributed by atoms with E-state index in [0.29, 0.717) is 19.0 Å². The quantitative estimate of drug-likeness (QED) is 0.345. The molecule has 0 aromatic carbocycles. The Balaban J connectivity index is 3.34. The fraction of sp³-hybridized carbons (Fsp3) is 0.727. The SMILES string of the molecule is CC(C)=CCC[C@H](C)CCOC=O. The maximum atomic E-state index is 9.86. The summed E-state index contributed by atoms with van der Waals surface area (Å²) in [5.41, 5.74) is 1.37. The van der Waals surface area contributed by atoms with Crippen molar-refractivity contribution >= 4 is 6.47 Å². The minimum absolute atomic E-state index is 0.517. The van der Waals surface area contributed by atoms with Gasteiger partial charge in [0.2, 0.25) is 0 Å². The van der Waals surface area contributed by atoms with E-state index in [4.69, 9.17) is 0 Å². The monoisotopic (exact) mass is 184 g/mol. The summed E-state index contributed by atoms with van der Waals surface area (Å²) in [6.07, 6.45) is 5.52. The van der Waals surface area contributed by atoms with Crippen LogP contribution in [-0.4, -0.2) is 13.1 Å². The molecule has 13 heavy (non-hydrogen) atoms. The van der Waals surface area contributed by atoms with Gasteiger partial charge in [-0.15, -0.1) is 0 Å². The van der Waals surface area contributed by atoms with Crippen LogP contribution in [-0.2, 0) is 9.53 Å². The van der Waals surface area contributed by atoms with E-state index in [0.717, 1.165) is 12.8 Å². The van der Waals surface area contributed by atoms with Crippen LogP contribution in [0.25, 0.3) is 0 Å². The van der Waals surface area contributed by atoms with Gasteiger partial charge < -0.3 is 4.74 Å². The predicted molar refractivity (Wildman–Crippen MR) is 54.5 cm³/mol.